The van der Waals surface area contributed by atoms with Crippen LogP contribution >= 0.6 is 0 Å². The highest BCUT2D eigenvalue weighted by Crippen LogP contribution is 2.27. The molecule has 2 atom stereocenters. The number of hydrogen-bond donors (Lipinski definition) is 2. The van der Waals surface area contributed by atoms with E-state index in [4.69, 9.17) is 5.11 Å². The van der Waals surface area contributed by atoms with Gasteiger partial charge in [-0.2, -0.15) is 0 Å². The summed E-state index contributed by atoms with van der Waals surface area (Å²) >= 11 is 0. The van der Waals surface area contributed by atoms with Gasteiger partial charge in [0.1, 0.15) is 5.82 Å². The van der Waals surface area contributed by atoms with Crippen LogP contribution in [0.5, 0.6) is 0 Å². The minimum Gasteiger partial charge on any atom is -0.481 e. The van der Waals surface area contributed by atoms with E-state index in [0.29, 0.717) is 12.2 Å². The number of carbonyl (C=O) groups is 1. The number of pyridine rings is 1. The second kappa shape index (κ2) is 5.64. The average Bonchev–Trinajstić information content (AvgIpc) is 2.39. The second-order valence-electron chi connectivity index (χ2n) is 4.64. The number of nitrogens with one attached hydrogen (secondary N) is 1. The number of nitrogens with zero attached hydrogens (tertiary/aromatic N) is 2. The van der Waals surface area contributed by atoms with E-state index in [2.05, 4.69) is 10.3 Å². The van der Waals surface area contributed by atoms with Crippen molar-refractivity contribution in [3.63, 3.8) is 0 Å². The molecule has 0 aliphatic heterocycles. The van der Waals surface area contributed by atoms with Crippen molar-refractivity contribution in [1.82, 2.24) is 4.98 Å². The fourth-order valence-corrected chi connectivity index (χ4v) is 2.40. The normalized spacial score (nSPS) is 22.7. The van der Waals surface area contributed by atoms with E-state index in [-0.39, 0.29) is 11.7 Å². The topological polar surface area (TPSA) is 105 Å². The summed E-state index contributed by atoms with van der Waals surface area (Å²) in [6.45, 7) is 0. The molecule has 0 aromatic carbocycles. The van der Waals surface area contributed by atoms with Gasteiger partial charge in [-0.3, -0.25) is 14.9 Å². The van der Waals surface area contributed by atoms with Crippen LogP contribution in [0.2, 0.25) is 0 Å². The molecule has 1 aromatic rings. The molecule has 2 rings (SSSR count). The number of carboxylic acid groups (broad SMARTS) is 1. The first-order valence-electron chi connectivity index (χ1n) is 6.17. The molecule has 0 bridgehead atoms. The molecule has 2 unspecified atom stereocenters. The van der Waals surface area contributed by atoms with Crippen molar-refractivity contribution in [2.75, 3.05) is 5.32 Å². The van der Waals surface area contributed by atoms with Crippen molar-refractivity contribution in [1.29, 1.82) is 0 Å². The van der Waals surface area contributed by atoms with E-state index in [1.165, 1.54) is 18.3 Å². The van der Waals surface area contributed by atoms with Crippen LogP contribution < -0.4 is 5.32 Å². The lowest BCUT2D eigenvalue weighted by atomic mass is 9.84. The van der Waals surface area contributed by atoms with Crippen molar-refractivity contribution in [2.24, 2.45) is 5.92 Å². The Hall–Kier alpha value is -2.18. The highest BCUT2D eigenvalue weighted by Gasteiger charge is 2.31. The monoisotopic (exact) mass is 265 g/mol. The first-order valence-corrected chi connectivity index (χ1v) is 6.17. The van der Waals surface area contributed by atoms with Crippen LogP contribution in [0.3, 0.4) is 0 Å². The highest BCUT2D eigenvalue weighted by molar-refractivity contribution is 5.71. The quantitative estimate of drug-likeness (QED) is 0.637. The fourth-order valence-electron chi connectivity index (χ4n) is 2.40. The molecule has 0 amide bonds. The van der Waals surface area contributed by atoms with Crippen molar-refractivity contribution >= 4 is 17.5 Å². The van der Waals surface area contributed by atoms with Gasteiger partial charge in [-0.1, -0.05) is 12.8 Å². The third kappa shape index (κ3) is 3.18. The summed E-state index contributed by atoms with van der Waals surface area (Å²) in [5.41, 5.74) is -0.0554. The maximum Gasteiger partial charge on any atom is 0.308 e. The van der Waals surface area contributed by atoms with Crippen molar-refractivity contribution in [2.45, 2.75) is 31.7 Å². The van der Waals surface area contributed by atoms with Crippen LogP contribution in [0.25, 0.3) is 0 Å². The zero-order valence-electron chi connectivity index (χ0n) is 10.3. The van der Waals surface area contributed by atoms with E-state index in [1.807, 2.05) is 0 Å². The number of nitro groups is 1. The smallest absolute Gasteiger partial charge is 0.308 e. The van der Waals surface area contributed by atoms with Gasteiger partial charge in [0, 0.05) is 18.3 Å². The Labute approximate surface area is 109 Å². The summed E-state index contributed by atoms with van der Waals surface area (Å²) in [5, 5.41) is 22.8. The maximum absolute atomic E-state index is 11.2. The van der Waals surface area contributed by atoms with Gasteiger partial charge in [0.05, 0.1) is 16.9 Å². The third-order valence-corrected chi connectivity index (χ3v) is 3.37. The molecule has 0 spiro atoms. The Morgan fingerprint density at radius 1 is 1.47 bits per heavy atom. The summed E-state index contributed by atoms with van der Waals surface area (Å²) < 4.78 is 0. The van der Waals surface area contributed by atoms with Crippen LogP contribution in [0.15, 0.2) is 18.3 Å². The number of aromatic nitrogens is 1. The van der Waals surface area contributed by atoms with Gasteiger partial charge in [-0.25, -0.2) is 4.98 Å². The average molecular weight is 265 g/mol. The molecular formula is C12H15N3O4. The van der Waals surface area contributed by atoms with E-state index in [1.54, 1.807) is 0 Å². The first kappa shape index (κ1) is 13.3. The van der Waals surface area contributed by atoms with Gasteiger partial charge in [-0.05, 0) is 12.8 Å². The van der Waals surface area contributed by atoms with Crippen molar-refractivity contribution < 1.29 is 14.8 Å². The molecule has 1 saturated carbocycles. The molecule has 7 nitrogen and oxygen atoms in total. The van der Waals surface area contributed by atoms with E-state index in [0.717, 1.165) is 19.3 Å². The van der Waals surface area contributed by atoms with Gasteiger partial charge in [-0.15, -0.1) is 0 Å². The number of rotatable bonds is 4. The second-order valence-corrected chi connectivity index (χ2v) is 4.64. The summed E-state index contributed by atoms with van der Waals surface area (Å²) in [7, 11) is 0. The largest absolute Gasteiger partial charge is 0.481 e. The van der Waals surface area contributed by atoms with E-state index < -0.39 is 16.8 Å². The van der Waals surface area contributed by atoms with E-state index in [9.17, 15) is 14.9 Å². The molecule has 0 radical (unpaired) electrons. The highest BCUT2D eigenvalue weighted by atomic mass is 16.6. The van der Waals surface area contributed by atoms with Crippen LogP contribution in [-0.2, 0) is 4.79 Å². The van der Waals surface area contributed by atoms with Crippen LogP contribution in [-0.4, -0.2) is 27.0 Å². The zero-order chi connectivity index (χ0) is 13.8. The Balaban J connectivity index is 2.12. The lowest BCUT2D eigenvalue weighted by Crippen LogP contribution is -2.37. The Morgan fingerprint density at radius 2 is 2.21 bits per heavy atom. The molecular weight excluding hydrogens is 250 g/mol. The van der Waals surface area contributed by atoms with Gasteiger partial charge >= 0.3 is 5.97 Å². The zero-order valence-corrected chi connectivity index (χ0v) is 10.3. The van der Waals surface area contributed by atoms with Gasteiger partial charge < -0.3 is 10.4 Å². The summed E-state index contributed by atoms with van der Waals surface area (Å²) in [4.78, 5) is 25.3. The molecule has 0 saturated heterocycles. The lowest BCUT2D eigenvalue weighted by Gasteiger charge is -2.29. The molecule has 1 fully saturated rings. The lowest BCUT2D eigenvalue weighted by molar-refractivity contribution is -0.384. The van der Waals surface area contributed by atoms with Gasteiger partial charge in [0.2, 0.25) is 0 Å². The number of carboxylic acids is 1. The van der Waals surface area contributed by atoms with Crippen LogP contribution in [0.4, 0.5) is 11.5 Å². The minimum atomic E-state index is -0.831. The van der Waals surface area contributed by atoms with Crippen molar-refractivity contribution in [3.05, 3.63) is 28.4 Å². The first-order chi connectivity index (χ1) is 9.08. The van der Waals surface area contributed by atoms with Crippen molar-refractivity contribution in [3.8, 4) is 0 Å². The summed E-state index contributed by atoms with van der Waals surface area (Å²) in [5.74, 6) is -0.940. The molecule has 7 heteroatoms. The van der Waals surface area contributed by atoms with Gasteiger partial charge in [0.15, 0.2) is 0 Å². The Morgan fingerprint density at radius 3 is 2.89 bits per heavy atom. The molecule has 102 valence electrons. The summed E-state index contributed by atoms with van der Waals surface area (Å²) in [6, 6.07) is 2.41. The number of hydrogen-bond acceptors (Lipinski definition) is 5. The van der Waals surface area contributed by atoms with Crippen LogP contribution in [0.1, 0.15) is 25.7 Å². The molecule has 1 aliphatic rings. The Bertz CT molecular complexity index is 492. The molecule has 19 heavy (non-hydrogen) atoms. The van der Waals surface area contributed by atoms with E-state index >= 15 is 0 Å². The summed E-state index contributed by atoms with van der Waals surface area (Å²) in [6.07, 6.45) is 4.57. The number of aliphatic carboxylic acids is 1. The fraction of sp³-hybridized carbons (Fsp3) is 0.500. The SMILES string of the molecule is O=C(O)C1CCCCC1Nc1cc([N+](=O)[O-])ccn1. The molecule has 2 N–H and O–H groups in total. The minimum absolute atomic E-state index is 0.0554. The predicted octanol–water partition coefficient (Wildman–Crippen LogP) is 2.05. The predicted molar refractivity (Wildman–Crippen MR) is 67.9 cm³/mol. The standard InChI is InChI=1S/C12H15N3O4/c16-12(17)9-3-1-2-4-10(9)14-11-7-8(15(18)19)5-6-13-11/h5-7,9-10H,1-4H2,(H,13,14)(H,16,17). The molecule has 1 aliphatic carbocycles. The maximum atomic E-state index is 11.2. The van der Waals surface area contributed by atoms with Gasteiger partial charge in [0.25, 0.3) is 5.69 Å². The number of anilines is 1. The molecule has 1 aromatic heterocycles. The van der Waals surface area contributed by atoms with Crippen LogP contribution in [0, 0.1) is 16.0 Å². The third-order valence-electron chi connectivity index (χ3n) is 3.37. The Kier molecular flexibility index (Phi) is 3.94. The molecule has 1 heterocycles.